The predicted molar refractivity (Wildman–Crippen MR) is 119 cm³/mol. The Morgan fingerprint density at radius 3 is 2.33 bits per heavy atom. The first kappa shape index (κ1) is 24.3. The molecule has 2 aromatic rings. The van der Waals surface area contributed by atoms with E-state index < -0.39 is 22.1 Å². The van der Waals surface area contributed by atoms with Gasteiger partial charge in [-0.25, -0.2) is 4.79 Å². The lowest BCUT2D eigenvalue weighted by molar-refractivity contribution is -0.134. The van der Waals surface area contributed by atoms with Gasteiger partial charge in [0.25, 0.3) is 10.1 Å². The summed E-state index contributed by atoms with van der Waals surface area (Å²) in [5.74, 6) is -0.969. The van der Waals surface area contributed by atoms with Crippen molar-refractivity contribution in [1.29, 1.82) is 0 Å². The Morgan fingerprint density at radius 1 is 1.13 bits per heavy atom. The number of esters is 2. The number of ether oxygens (including phenoxy) is 2. The van der Waals surface area contributed by atoms with Gasteiger partial charge in [0.2, 0.25) is 0 Å². The van der Waals surface area contributed by atoms with Crippen LogP contribution in [0, 0.1) is 10.5 Å². The largest absolute Gasteiger partial charge is 0.462 e. The zero-order valence-electron chi connectivity index (χ0n) is 16.8. The summed E-state index contributed by atoms with van der Waals surface area (Å²) < 4.78 is 44.1. The number of hydrogen-bond donors (Lipinski definition) is 1. The van der Waals surface area contributed by atoms with Crippen molar-refractivity contribution in [3.8, 4) is 5.75 Å². The molecule has 30 heavy (non-hydrogen) atoms. The molecule has 2 rings (SSSR count). The minimum absolute atomic E-state index is 0.0243. The van der Waals surface area contributed by atoms with E-state index in [0.717, 1.165) is 3.57 Å². The molecule has 0 aliphatic heterocycles. The molecular formula is C21H23IO7S. The standard InChI is InChI=1S/C21H23IO7S/c1-13(2)17-12-18(14(3)11-19(17)30(25,26)27)29-20(23)5-4-10-28-21(24)15-6-8-16(22)9-7-15/h6-9,11-13H,4-5,10H2,1-3H3,(H,25,26,27). The maximum Gasteiger partial charge on any atom is 0.338 e. The van der Waals surface area contributed by atoms with Gasteiger partial charge in [0.1, 0.15) is 5.75 Å². The van der Waals surface area contributed by atoms with Crippen molar-refractivity contribution in [3.05, 3.63) is 56.7 Å². The Kier molecular flexibility index (Phi) is 8.39. The number of benzene rings is 2. The molecule has 0 aliphatic rings. The van der Waals surface area contributed by atoms with E-state index in [4.69, 9.17) is 9.47 Å². The number of carbonyl (C=O) groups is 2. The van der Waals surface area contributed by atoms with Crippen LogP contribution in [-0.4, -0.2) is 31.5 Å². The van der Waals surface area contributed by atoms with E-state index in [0.29, 0.717) is 16.7 Å². The second kappa shape index (κ2) is 10.4. The average molecular weight is 546 g/mol. The van der Waals surface area contributed by atoms with E-state index in [1.54, 1.807) is 45.0 Å². The number of aryl methyl sites for hydroxylation is 1. The average Bonchev–Trinajstić information content (AvgIpc) is 2.66. The van der Waals surface area contributed by atoms with Crippen molar-refractivity contribution in [2.24, 2.45) is 0 Å². The molecule has 0 saturated heterocycles. The lowest BCUT2D eigenvalue weighted by Crippen LogP contribution is -2.13. The van der Waals surface area contributed by atoms with Crippen LogP contribution < -0.4 is 4.74 Å². The highest BCUT2D eigenvalue weighted by molar-refractivity contribution is 14.1. The summed E-state index contributed by atoms with van der Waals surface area (Å²) in [7, 11) is -4.39. The third kappa shape index (κ3) is 6.78. The van der Waals surface area contributed by atoms with Gasteiger partial charge < -0.3 is 9.47 Å². The zero-order chi connectivity index (χ0) is 22.5. The Labute approximate surface area is 189 Å². The van der Waals surface area contributed by atoms with Gasteiger partial charge in [-0.3, -0.25) is 9.35 Å². The van der Waals surface area contributed by atoms with Crippen LogP contribution in [0.3, 0.4) is 0 Å². The fourth-order valence-corrected chi connectivity index (χ4v) is 3.96. The van der Waals surface area contributed by atoms with E-state index in [2.05, 4.69) is 22.6 Å². The second-order valence-electron chi connectivity index (χ2n) is 7.01. The van der Waals surface area contributed by atoms with Gasteiger partial charge in [-0.1, -0.05) is 13.8 Å². The van der Waals surface area contributed by atoms with Crippen molar-refractivity contribution in [3.63, 3.8) is 0 Å². The fourth-order valence-electron chi connectivity index (χ4n) is 2.69. The molecule has 0 saturated carbocycles. The van der Waals surface area contributed by atoms with Crippen LogP contribution in [0.4, 0.5) is 0 Å². The maximum absolute atomic E-state index is 12.1. The molecule has 0 radical (unpaired) electrons. The Bertz CT molecular complexity index is 1030. The summed E-state index contributed by atoms with van der Waals surface area (Å²) in [4.78, 5) is 23.9. The van der Waals surface area contributed by atoms with Gasteiger partial charge in [-0.2, -0.15) is 8.42 Å². The highest BCUT2D eigenvalue weighted by atomic mass is 127. The van der Waals surface area contributed by atoms with Gasteiger partial charge >= 0.3 is 11.9 Å². The van der Waals surface area contributed by atoms with E-state index in [1.807, 2.05) is 0 Å². The third-order valence-corrected chi connectivity index (χ3v) is 5.90. The molecule has 0 aliphatic carbocycles. The normalized spacial score (nSPS) is 11.4. The summed E-state index contributed by atoms with van der Waals surface area (Å²) in [6.45, 7) is 5.20. The summed E-state index contributed by atoms with van der Waals surface area (Å²) in [6, 6.07) is 9.69. The number of hydrogen-bond acceptors (Lipinski definition) is 6. The van der Waals surface area contributed by atoms with Gasteiger partial charge in [-0.15, -0.1) is 0 Å². The Hall–Kier alpha value is -1.98. The molecule has 1 N–H and O–H groups in total. The lowest BCUT2D eigenvalue weighted by Gasteiger charge is -2.15. The first-order chi connectivity index (χ1) is 14.0. The molecule has 0 amide bonds. The van der Waals surface area contributed by atoms with Crippen molar-refractivity contribution in [2.45, 2.75) is 44.4 Å². The number of carbonyl (C=O) groups excluding carboxylic acids is 2. The van der Waals surface area contributed by atoms with Gasteiger partial charge in [-0.05, 0) is 89.4 Å². The van der Waals surface area contributed by atoms with Crippen LogP contribution in [-0.2, 0) is 19.6 Å². The van der Waals surface area contributed by atoms with Crippen LogP contribution in [0.25, 0.3) is 0 Å². The Balaban J connectivity index is 1.94. The van der Waals surface area contributed by atoms with Crippen molar-refractivity contribution >= 4 is 44.6 Å². The molecule has 0 spiro atoms. The summed E-state index contributed by atoms with van der Waals surface area (Å²) in [5.41, 5.74) is 1.21. The highest BCUT2D eigenvalue weighted by Crippen LogP contribution is 2.31. The molecule has 7 nitrogen and oxygen atoms in total. The van der Waals surface area contributed by atoms with Crippen molar-refractivity contribution < 1.29 is 32.0 Å². The molecule has 0 heterocycles. The maximum atomic E-state index is 12.1. The minimum atomic E-state index is -4.39. The first-order valence-corrected chi connectivity index (χ1v) is 11.8. The molecule has 0 bridgehead atoms. The van der Waals surface area contributed by atoms with Gasteiger partial charge in [0, 0.05) is 9.99 Å². The molecule has 9 heteroatoms. The smallest absolute Gasteiger partial charge is 0.338 e. The molecule has 162 valence electrons. The van der Waals surface area contributed by atoms with E-state index in [1.165, 1.54) is 12.1 Å². The van der Waals surface area contributed by atoms with Crippen LogP contribution in [0.1, 0.15) is 54.1 Å². The third-order valence-electron chi connectivity index (χ3n) is 4.27. The second-order valence-corrected chi connectivity index (χ2v) is 9.64. The number of rotatable bonds is 8. The molecule has 0 fully saturated rings. The fraction of sp³-hybridized carbons (Fsp3) is 0.333. The van der Waals surface area contributed by atoms with Gasteiger partial charge in [0.05, 0.1) is 17.1 Å². The molecule has 2 aromatic carbocycles. The van der Waals surface area contributed by atoms with E-state index in [9.17, 15) is 22.6 Å². The monoisotopic (exact) mass is 546 g/mol. The van der Waals surface area contributed by atoms with Crippen LogP contribution in [0.2, 0.25) is 0 Å². The predicted octanol–water partition coefficient (Wildman–Crippen LogP) is 4.51. The molecular weight excluding hydrogens is 523 g/mol. The quantitative estimate of drug-likeness (QED) is 0.171. The lowest BCUT2D eigenvalue weighted by atomic mass is 10.0. The highest BCUT2D eigenvalue weighted by Gasteiger charge is 2.21. The minimum Gasteiger partial charge on any atom is -0.462 e. The zero-order valence-corrected chi connectivity index (χ0v) is 19.8. The summed E-state index contributed by atoms with van der Waals surface area (Å²) in [6.07, 6.45) is 0.310. The topological polar surface area (TPSA) is 107 Å². The van der Waals surface area contributed by atoms with Crippen LogP contribution in [0.5, 0.6) is 5.75 Å². The molecule has 0 unspecified atom stereocenters. The number of halogens is 1. The van der Waals surface area contributed by atoms with Crippen LogP contribution in [0.15, 0.2) is 41.3 Å². The SMILES string of the molecule is Cc1cc(S(=O)(=O)O)c(C(C)C)cc1OC(=O)CCCOC(=O)c1ccc(I)cc1. The molecule has 0 aromatic heterocycles. The first-order valence-electron chi connectivity index (χ1n) is 9.24. The molecule has 0 atom stereocenters. The van der Waals surface area contributed by atoms with E-state index >= 15 is 0 Å². The summed E-state index contributed by atoms with van der Waals surface area (Å²) >= 11 is 2.14. The summed E-state index contributed by atoms with van der Waals surface area (Å²) in [5, 5.41) is 0. The van der Waals surface area contributed by atoms with E-state index in [-0.39, 0.29) is 36.0 Å². The van der Waals surface area contributed by atoms with Crippen molar-refractivity contribution in [1.82, 2.24) is 0 Å². The Morgan fingerprint density at radius 2 is 1.77 bits per heavy atom. The van der Waals surface area contributed by atoms with Crippen molar-refractivity contribution in [2.75, 3.05) is 6.61 Å². The van der Waals surface area contributed by atoms with Crippen LogP contribution >= 0.6 is 22.6 Å². The van der Waals surface area contributed by atoms with Gasteiger partial charge in [0.15, 0.2) is 0 Å².